The minimum Gasteiger partial charge on any atom is -0.306 e. The maximum Gasteiger partial charge on any atom is 0.326 e. The van der Waals surface area contributed by atoms with Crippen molar-refractivity contribution in [2.45, 2.75) is 32.2 Å². The van der Waals surface area contributed by atoms with Crippen LogP contribution >= 0.6 is 22.9 Å². The van der Waals surface area contributed by atoms with Gasteiger partial charge in [-0.1, -0.05) is 12.1 Å². The Morgan fingerprint density at radius 3 is 2.65 bits per heavy atom. The van der Waals surface area contributed by atoms with Gasteiger partial charge in [-0.15, -0.1) is 0 Å². The molecule has 1 aliphatic rings. The molecule has 1 aromatic heterocycles. The molecule has 4 nitrogen and oxygen atoms in total. The van der Waals surface area contributed by atoms with Gasteiger partial charge in [0.15, 0.2) is 0 Å². The van der Waals surface area contributed by atoms with E-state index in [1.165, 1.54) is 25.7 Å². The Morgan fingerprint density at radius 1 is 1.20 bits per heavy atom. The number of hydrogen-bond donors (Lipinski definition) is 2. The van der Waals surface area contributed by atoms with Gasteiger partial charge in [-0.3, -0.25) is 8.10 Å². The highest BCUT2D eigenvalue weighted by Crippen LogP contribution is 2.29. The Labute approximate surface area is 132 Å². The van der Waals surface area contributed by atoms with E-state index in [0.717, 1.165) is 30.0 Å². The first-order chi connectivity index (χ1) is 9.78. The van der Waals surface area contributed by atoms with Gasteiger partial charge < -0.3 is 4.98 Å². The number of imidazole rings is 1. The molecular formula is C15H20IN3O. The van der Waals surface area contributed by atoms with Crippen LogP contribution in [0.2, 0.25) is 0 Å². The van der Waals surface area contributed by atoms with Crippen molar-refractivity contribution in [1.82, 2.24) is 13.1 Å². The van der Waals surface area contributed by atoms with Gasteiger partial charge in [0.1, 0.15) is 0 Å². The minimum absolute atomic E-state index is 0.0299. The van der Waals surface area contributed by atoms with E-state index >= 15 is 0 Å². The fourth-order valence-electron chi connectivity index (χ4n) is 3.27. The van der Waals surface area contributed by atoms with Gasteiger partial charge in [-0.2, -0.15) is 0 Å². The predicted octanol–water partition coefficient (Wildman–Crippen LogP) is 3.08. The number of H-pyrrole nitrogens is 1. The Balaban J connectivity index is 1.71. The van der Waals surface area contributed by atoms with E-state index < -0.39 is 0 Å². The van der Waals surface area contributed by atoms with Crippen LogP contribution in [0.25, 0.3) is 11.0 Å². The fraction of sp³-hybridized carbons (Fsp3) is 0.533. The zero-order valence-electron chi connectivity index (χ0n) is 11.4. The van der Waals surface area contributed by atoms with E-state index in [0.29, 0.717) is 5.92 Å². The summed E-state index contributed by atoms with van der Waals surface area (Å²) in [7, 11) is 0. The molecule has 1 aromatic carbocycles. The first-order valence-electron chi connectivity index (χ1n) is 7.29. The quantitative estimate of drug-likeness (QED) is 0.628. The second kappa shape index (κ2) is 6.30. The van der Waals surface area contributed by atoms with E-state index in [9.17, 15) is 4.79 Å². The largest absolute Gasteiger partial charge is 0.326 e. The summed E-state index contributed by atoms with van der Waals surface area (Å²) < 4.78 is 5.15. The van der Waals surface area contributed by atoms with Gasteiger partial charge in [0.25, 0.3) is 0 Å². The van der Waals surface area contributed by atoms with Gasteiger partial charge in [0.05, 0.1) is 11.0 Å². The molecule has 0 unspecified atom stereocenters. The molecule has 0 atom stereocenters. The molecule has 1 fully saturated rings. The standard InChI is InChI=1S/C15H20IN3O/c16-17-9-11-5-7-12(8-6-11)10-19-14-4-2-1-3-13(14)18-15(19)20/h1-4,11-12,17H,5-10H2,(H,18,20). The van der Waals surface area contributed by atoms with Gasteiger partial charge in [-0.25, -0.2) is 4.79 Å². The first-order valence-corrected chi connectivity index (χ1v) is 8.37. The highest BCUT2D eigenvalue weighted by Gasteiger charge is 2.22. The molecule has 2 aromatic rings. The summed E-state index contributed by atoms with van der Waals surface area (Å²) in [6, 6.07) is 7.95. The number of aromatic nitrogens is 2. The highest BCUT2D eigenvalue weighted by atomic mass is 127. The number of aromatic amines is 1. The SMILES string of the molecule is O=c1[nH]c2ccccc2n1CC1CCC(CNI)CC1. The zero-order chi connectivity index (χ0) is 13.9. The smallest absolute Gasteiger partial charge is 0.306 e. The van der Waals surface area contributed by atoms with Crippen molar-refractivity contribution in [3.63, 3.8) is 0 Å². The van der Waals surface area contributed by atoms with Crippen LogP contribution in [0.4, 0.5) is 0 Å². The van der Waals surface area contributed by atoms with Gasteiger partial charge >= 0.3 is 5.69 Å². The van der Waals surface area contributed by atoms with Crippen LogP contribution in [0.3, 0.4) is 0 Å². The number of halogens is 1. The summed E-state index contributed by atoms with van der Waals surface area (Å²) in [6.07, 6.45) is 5.01. The molecule has 20 heavy (non-hydrogen) atoms. The summed E-state index contributed by atoms with van der Waals surface area (Å²) in [6.45, 7) is 1.97. The molecule has 0 amide bonds. The Kier molecular flexibility index (Phi) is 4.45. The highest BCUT2D eigenvalue weighted by molar-refractivity contribution is 14.1. The molecule has 0 aliphatic heterocycles. The molecular weight excluding hydrogens is 365 g/mol. The van der Waals surface area contributed by atoms with Crippen molar-refractivity contribution in [2.24, 2.45) is 11.8 Å². The molecule has 5 heteroatoms. The Bertz CT molecular complexity index is 625. The number of fused-ring (bicyclic) bond motifs is 1. The van der Waals surface area contributed by atoms with Crippen molar-refractivity contribution >= 4 is 33.9 Å². The summed E-state index contributed by atoms with van der Waals surface area (Å²) in [5.74, 6) is 1.44. The van der Waals surface area contributed by atoms with E-state index in [1.54, 1.807) is 0 Å². The summed E-state index contributed by atoms with van der Waals surface area (Å²) >= 11 is 2.23. The number of rotatable bonds is 4. The number of nitrogens with one attached hydrogen (secondary N) is 2. The molecule has 2 N–H and O–H groups in total. The van der Waals surface area contributed by atoms with E-state index in [-0.39, 0.29) is 5.69 Å². The maximum absolute atomic E-state index is 12.1. The molecule has 108 valence electrons. The number of para-hydroxylation sites is 2. The van der Waals surface area contributed by atoms with Gasteiger partial charge in [0.2, 0.25) is 0 Å². The Hall–Kier alpha value is -0.820. The summed E-state index contributed by atoms with van der Waals surface area (Å²) in [5, 5.41) is 0. The average Bonchev–Trinajstić information content (AvgIpc) is 2.78. The van der Waals surface area contributed by atoms with E-state index in [4.69, 9.17) is 0 Å². The van der Waals surface area contributed by atoms with Crippen molar-refractivity contribution in [3.05, 3.63) is 34.7 Å². The second-order valence-corrected chi connectivity index (χ2v) is 6.55. The molecule has 0 radical (unpaired) electrons. The van der Waals surface area contributed by atoms with Crippen LogP contribution in [-0.4, -0.2) is 16.1 Å². The van der Waals surface area contributed by atoms with Crippen LogP contribution in [0, 0.1) is 11.8 Å². The van der Waals surface area contributed by atoms with Gasteiger partial charge in [-0.05, 0) is 49.7 Å². The number of nitrogens with zero attached hydrogens (tertiary/aromatic N) is 1. The molecule has 1 heterocycles. The van der Waals surface area contributed by atoms with Crippen molar-refractivity contribution < 1.29 is 0 Å². The molecule has 0 bridgehead atoms. The third-order valence-corrected chi connectivity index (χ3v) is 4.89. The topological polar surface area (TPSA) is 49.8 Å². The first kappa shape index (κ1) is 14.1. The number of benzene rings is 1. The number of hydrogen-bond acceptors (Lipinski definition) is 2. The van der Waals surface area contributed by atoms with Crippen LogP contribution < -0.4 is 9.22 Å². The monoisotopic (exact) mass is 385 g/mol. The van der Waals surface area contributed by atoms with Crippen LogP contribution in [0.15, 0.2) is 29.1 Å². The van der Waals surface area contributed by atoms with E-state index in [2.05, 4.69) is 31.4 Å². The molecule has 3 rings (SSSR count). The van der Waals surface area contributed by atoms with Crippen LogP contribution in [0.5, 0.6) is 0 Å². The summed E-state index contributed by atoms with van der Waals surface area (Å²) in [5.41, 5.74) is 2.01. The molecule has 0 saturated heterocycles. The average molecular weight is 385 g/mol. The van der Waals surface area contributed by atoms with Crippen molar-refractivity contribution in [3.8, 4) is 0 Å². The maximum atomic E-state index is 12.1. The normalized spacial score (nSPS) is 23.2. The lowest BCUT2D eigenvalue weighted by atomic mass is 9.82. The third kappa shape index (κ3) is 2.93. The van der Waals surface area contributed by atoms with Crippen LogP contribution in [-0.2, 0) is 6.54 Å². The molecule has 1 aliphatic carbocycles. The third-order valence-electron chi connectivity index (χ3n) is 4.45. The lowest BCUT2D eigenvalue weighted by molar-refractivity contribution is 0.255. The summed E-state index contributed by atoms with van der Waals surface area (Å²) in [4.78, 5) is 15.0. The van der Waals surface area contributed by atoms with Crippen molar-refractivity contribution in [1.29, 1.82) is 0 Å². The van der Waals surface area contributed by atoms with Crippen LogP contribution in [0.1, 0.15) is 25.7 Å². The van der Waals surface area contributed by atoms with Crippen molar-refractivity contribution in [2.75, 3.05) is 6.54 Å². The fourth-order valence-corrected chi connectivity index (χ4v) is 3.90. The molecule has 1 saturated carbocycles. The predicted molar refractivity (Wildman–Crippen MR) is 90.0 cm³/mol. The van der Waals surface area contributed by atoms with E-state index in [1.807, 2.05) is 28.8 Å². The lowest BCUT2D eigenvalue weighted by Crippen LogP contribution is -2.27. The second-order valence-electron chi connectivity index (χ2n) is 5.78. The zero-order valence-corrected chi connectivity index (χ0v) is 13.6. The molecule has 0 spiro atoms. The minimum atomic E-state index is 0.0299. The Morgan fingerprint density at radius 2 is 1.90 bits per heavy atom. The van der Waals surface area contributed by atoms with Gasteiger partial charge in [0, 0.05) is 36.0 Å². The lowest BCUT2D eigenvalue weighted by Gasteiger charge is -2.28.